The van der Waals surface area contributed by atoms with Crippen LogP contribution in [-0.4, -0.2) is 41.4 Å². The number of nitrogens with one attached hydrogen (secondary N) is 2. The highest BCUT2D eigenvalue weighted by atomic mass is 16.6. The number of epoxide rings is 1. The maximum Gasteiger partial charge on any atom is 0.315 e. The summed E-state index contributed by atoms with van der Waals surface area (Å²) < 4.78 is 5.37. The van der Waals surface area contributed by atoms with Gasteiger partial charge in [-0.25, -0.2) is 4.79 Å². The second-order valence-electron chi connectivity index (χ2n) is 4.39. The van der Waals surface area contributed by atoms with Gasteiger partial charge in [-0.1, -0.05) is 0 Å². The van der Waals surface area contributed by atoms with Crippen LogP contribution in [0.5, 0.6) is 0 Å². The Balaban J connectivity index is 1.69. The Morgan fingerprint density at radius 2 is 2.19 bits per heavy atom. The molecule has 90 valence electrons. The zero-order valence-corrected chi connectivity index (χ0v) is 9.10. The average molecular weight is 228 g/mol. The minimum atomic E-state index is -0.793. The quantitative estimate of drug-likeness (QED) is 0.581. The number of aliphatic carboxylic acids is 1. The van der Waals surface area contributed by atoms with Crippen LogP contribution < -0.4 is 10.6 Å². The molecule has 2 aliphatic heterocycles. The first-order chi connectivity index (χ1) is 7.56. The Labute approximate surface area is 93.3 Å². The van der Waals surface area contributed by atoms with Gasteiger partial charge >= 0.3 is 12.0 Å². The van der Waals surface area contributed by atoms with E-state index in [9.17, 15) is 9.59 Å². The molecule has 2 amide bonds. The van der Waals surface area contributed by atoms with Crippen molar-refractivity contribution in [1.29, 1.82) is 0 Å². The number of amides is 2. The van der Waals surface area contributed by atoms with E-state index in [1.165, 1.54) is 0 Å². The first-order valence-corrected chi connectivity index (χ1v) is 5.50. The molecule has 2 fully saturated rings. The zero-order valence-electron chi connectivity index (χ0n) is 9.10. The molecular weight excluding hydrogens is 212 g/mol. The number of carbonyl (C=O) groups is 2. The van der Waals surface area contributed by atoms with Crippen LogP contribution in [0.1, 0.15) is 26.2 Å². The van der Waals surface area contributed by atoms with Crippen molar-refractivity contribution in [2.45, 2.75) is 50.5 Å². The highest BCUT2D eigenvalue weighted by Gasteiger charge is 2.42. The van der Waals surface area contributed by atoms with E-state index in [1.807, 2.05) is 6.92 Å². The van der Waals surface area contributed by atoms with Gasteiger partial charge in [0.25, 0.3) is 0 Å². The van der Waals surface area contributed by atoms with E-state index in [2.05, 4.69) is 10.6 Å². The van der Waals surface area contributed by atoms with E-state index >= 15 is 0 Å². The molecule has 0 aromatic carbocycles. The second-order valence-corrected chi connectivity index (χ2v) is 4.39. The number of urea groups is 1. The van der Waals surface area contributed by atoms with Gasteiger partial charge in [0.1, 0.15) is 0 Å². The molecular formula is C10H16N2O4. The second kappa shape index (κ2) is 4.29. The molecule has 16 heavy (non-hydrogen) atoms. The molecule has 6 nitrogen and oxygen atoms in total. The number of rotatable bonds is 5. The highest BCUT2D eigenvalue weighted by Crippen LogP contribution is 2.31. The van der Waals surface area contributed by atoms with Crippen molar-refractivity contribution in [3.63, 3.8) is 0 Å². The van der Waals surface area contributed by atoms with Gasteiger partial charge in [-0.3, -0.25) is 4.79 Å². The summed E-state index contributed by atoms with van der Waals surface area (Å²) in [6.45, 7) is 1.94. The summed E-state index contributed by atoms with van der Waals surface area (Å²) in [7, 11) is 0. The summed E-state index contributed by atoms with van der Waals surface area (Å²) in [5.41, 5.74) is 0. The van der Waals surface area contributed by atoms with Crippen molar-refractivity contribution in [2.24, 2.45) is 0 Å². The normalized spacial score (nSPS) is 36.7. The molecule has 0 radical (unpaired) electrons. The van der Waals surface area contributed by atoms with Gasteiger partial charge < -0.3 is 20.5 Å². The number of hydrogen-bond donors (Lipinski definition) is 3. The van der Waals surface area contributed by atoms with Crippen LogP contribution in [0.25, 0.3) is 0 Å². The van der Waals surface area contributed by atoms with E-state index in [0.717, 1.165) is 6.42 Å². The van der Waals surface area contributed by atoms with Gasteiger partial charge in [0.05, 0.1) is 18.2 Å². The Bertz CT molecular complexity index is 307. The highest BCUT2D eigenvalue weighted by molar-refractivity contribution is 5.77. The first kappa shape index (κ1) is 11.2. The van der Waals surface area contributed by atoms with Crippen molar-refractivity contribution < 1.29 is 19.4 Å². The lowest BCUT2D eigenvalue weighted by Crippen LogP contribution is -2.32. The summed E-state index contributed by atoms with van der Waals surface area (Å²) in [5.74, 6) is -0.793. The average Bonchev–Trinajstić information content (AvgIpc) is 2.84. The number of carboxylic acids is 1. The van der Waals surface area contributed by atoms with Crippen molar-refractivity contribution in [1.82, 2.24) is 10.6 Å². The Kier molecular flexibility index (Phi) is 3.00. The molecule has 2 heterocycles. The third-order valence-electron chi connectivity index (χ3n) is 3.10. The van der Waals surface area contributed by atoms with E-state index in [1.54, 1.807) is 0 Å². The van der Waals surface area contributed by atoms with Gasteiger partial charge in [-0.15, -0.1) is 0 Å². The SMILES string of the molecule is C[C@@H]1NC(=O)N[C@@H]1C[C@@H]1O[C@H]1CCC(=O)O. The van der Waals surface area contributed by atoms with Crippen LogP contribution in [0.2, 0.25) is 0 Å². The molecule has 0 aliphatic carbocycles. The molecule has 0 unspecified atom stereocenters. The van der Waals surface area contributed by atoms with Crippen LogP contribution in [0, 0.1) is 0 Å². The maximum absolute atomic E-state index is 11.0. The lowest BCUT2D eigenvalue weighted by molar-refractivity contribution is -0.137. The standard InChI is InChI=1S/C10H16N2O4/c1-5-6(12-10(15)11-5)4-8-7(16-8)2-3-9(13)14/h5-8H,2-4H2,1H3,(H,13,14)(H2,11,12,15)/t5-,6+,7-,8-/m0/s1. The molecule has 0 saturated carbocycles. The summed E-state index contributed by atoms with van der Waals surface area (Å²) >= 11 is 0. The van der Waals surface area contributed by atoms with Gasteiger partial charge in [0, 0.05) is 12.5 Å². The minimum absolute atomic E-state index is 0.0563. The van der Waals surface area contributed by atoms with E-state index in [4.69, 9.17) is 9.84 Å². The van der Waals surface area contributed by atoms with Crippen LogP contribution in [0.15, 0.2) is 0 Å². The molecule has 2 aliphatic rings. The Morgan fingerprint density at radius 1 is 1.44 bits per heavy atom. The van der Waals surface area contributed by atoms with Crippen LogP contribution in [0.4, 0.5) is 4.79 Å². The van der Waals surface area contributed by atoms with Gasteiger partial charge in [0.15, 0.2) is 0 Å². The maximum atomic E-state index is 11.0. The summed E-state index contributed by atoms with van der Waals surface area (Å²) in [5, 5.41) is 14.1. The molecule has 0 spiro atoms. The van der Waals surface area contributed by atoms with Crippen LogP contribution in [0.3, 0.4) is 0 Å². The molecule has 2 saturated heterocycles. The Morgan fingerprint density at radius 3 is 2.75 bits per heavy atom. The van der Waals surface area contributed by atoms with Crippen LogP contribution in [-0.2, 0) is 9.53 Å². The summed E-state index contributed by atoms with van der Waals surface area (Å²) in [6.07, 6.45) is 1.62. The van der Waals surface area contributed by atoms with Crippen molar-refractivity contribution in [3.8, 4) is 0 Å². The molecule has 2 rings (SSSR count). The first-order valence-electron chi connectivity index (χ1n) is 5.50. The van der Waals surface area contributed by atoms with E-state index in [0.29, 0.717) is 6.42 Å². The monoisotopic (exact) mass is 228 g/mol. The number of carbonyl (C=O) groups excluding carboxylic acids is 1. The minimum Gasteiger partial charge on any atom is -0.481 e. The third kappa shape index (κ3) is 2.63. The molecule has 3 N–H and O–H groups in total. The number of hydrogen-bond acceptors (Lipinski definition) is 3. The molecule has 0 aromatic heterocycles. The van der Waals surface area contributed by atoms with Gasteiger partial charge in [-0.05, 0) is 19.8 Å². The van der Waals surface area contributed by atoms with Crippen molar-refractivity contribution in [2.75, 3.05) is 0 Å². The topological polar surface area (TPSA) is 91.0 Å². The fraction of sp³-hybridized carbons (Fsp3) is 0.800. The van der Waals surface area contributed by atoms with Crippen molar-refractivity contribution >= 4 is 12.0 Å². The van der Waals surface area contributed by atoms with Gasteiger partial charge in [-0.2, -0.15) is 0 Å². The zero-order chi connectivity index (χ0) is 11.7. The third-order valence-corrected chi connectivity index (χ3v) is 3.10. The predicted molar refractivity (Wildman–Crippen MR) is 55.1 cm³/mol. The van der Waals surface area contributed by atoms with E-state index < -0.39 is 5.97 Å². The Hall–Kier alpha value is -1.30. The molecule has 0 aromatic rings. The molecule has 0 bridgehead atoms. The predicted octanol–water partition coefficient (Wildman–Crippen LogP) is 0.0786. The largest absolute Gasteiger partial charge is 0.481 e. The fourth-order valence-corrected chi connectivity index (χ4v) is 2.06. The lowest BCUT2D eigenvalue weighted by atomic mass is 10.0. The van der Waals surface area contributed by atoms with E-state index in [-0.39, 0.29) is 36.7 Å². The summed E-state index contributed by atoms with van der Waals surface area (Å²) in [4.78, 5) is 21.4. The van der Waals surface area contributed by atoms with Crippen LogP contribution >= 0.6 is 0 Å². The molecule has 4 atom stereocenters. The summed E-state index contributed by atoms with van der Waals surface area (Å²) in [6, 6.07) is 0.0596. The fourth-order valence-electron chi connectivity index (χ4n) is 2.06. The smallest absolute Gasteiger partial charge is 0.315 e. The number of carboxylic acid groups (broad SMARTS) is 1. The van der Waals surface area contributed by atoms with Crippen molar-refractivity contribution in [3.05, 3.63) is 0 Å². The van der Waals surface area contributed by atoms with Gasteiger partial charge in [0.2, 0.25) is 0 Å². The lowest BCUT2D eigenvalue weighted by Gasteiger charge is -2.11. The molecule has 6 heteroatoms. The number of ether oxygens (including phenoxy) is 1.